The van der Waals surface area contributed by atoms with Gasteiger partial charge in [-0.15, -0.1) is 11.3 Å². The molecule has 2 heterocycles. The van der Waals surface area contributed by atoms with E-state index in [1.807, 2.05) is 13.0 Å². The van der Waals surface area contributed by atoms with E-state index < -0.39 is 5.97 Å². The van der Waals surface area contributed by atoms with Crippen molar-refractivity contribution in [2.24, 2.45) is 0 Å². The van der Waals surface area contributed by atoms with E-state index in [1.54, 1.807) is 12.3 Å². The molecule has 0 bridgehead atoms. The van der Waals surface area contributed by atoms with Crippen molar-refractivity contribution >= 4 is 17.3 Å². The summed E-state index contributed by atoms with van der Waals surface area (Å²) in [7, 11) is 0. The number of carboxylic acid groups (broad SMARTS) is 1. The topological polar surface area (TPSA) is 80.7 Å². The molecule has 2 N–H and O–H groups in total. The zero-order valence-electron chi connectivity index (χ0n) is 12.7. The maximum atomic E-state index is 11.3. The zero-order valence-corrected chi connectivity index (χ0v) is 13.6. The number of nitrogens with zero attached hydrogens (tertiary/aromatic N) is 1. The van der Waals surface area contributed by atoms with Gasteiger partial charge in [-0.3, -0.25) is 0 Å². The minimum Gasteiger partial charge on any atom is -0.491 e. The molecular formula is C16H18N2O4S. The quantitative estimate of drug-likeness (QED) is 0.872. The first kappa shape index (κ1) is 15.9. The van der Waals surface area contributed by atoms with E-state index in [-0.39, 0.29) is 11.7 Å². The average molecular weight is 334 g/mol. The molecule has 0 saturated carbocycles. The zero-order chi connectivity index (χ0) is 16.2. The Balaban J connectivity index is 1.80. The molecule has 2 aromatic rings. The summed E-state index contributed by atoms with van der Waals surface area (Å²) in [6.07, 6.45) is 1.75. The number of thiazole rings is 1. The van der Waals surface area contributed by atoms with Crippen LogP contribution in [-0.4, -0.2) is 48.5 Å². The number of morpholine rings is 1. The van der Waals surface area contributed by atoms with Crippen LogP contribution < -0.4 is 10.1 Å². The SMILES string of the molecule is Cc1cnc(-c2cc(OC[C@H]3CNCCO3)cc(C(=O)O)c2)s1. The van der Waals surface area contributed by atoms with Crippen molar-refractivity contribution in [3.63, 3.8) is 0 Å². The lowest BCUT2D eigenvalue weighted by molar-refractivity contribution is 0.000188. The summed E-state index contributed by atoms with van der Waals surface area (Å²) in [5.74, 6) is -0.470. The molecule has 0 amide bonds. The van der Waals surface area contributed by atoms with Gasteiger partial charge >= 0.3 is 5.97 Å². The van der Waals surface area contributed by atoms with Crippen molar-refractivity contribution in [1.29, 1.82) is 0 Å². The molecule has 1 saturated heterocycles. The Morgan fingerprint density at radius 3 is 3.04 bits per heavy atom. The van der Waals surface area contributed by atoms with Gasteiger partial charge in [-0.25, -0.2) is 9.78 Å². The van der Waals surface area contributed by atoms with Gasteiger partial charge in [-0.1, -0.05) is 0 Å². The largest absolute Gasteiger partial charge is 0.491 e. The Kier molecular flexibility index (Phi) is 4.90. The van der Waals surface area contributed by atoms with Crippen molar-refractivity contribution in [3.8, 4) is 16.3 Å². The normalized spacial score (nSPS) is 17.9. The van der Waals surface area contributed by atoms with Gasteiger partial charge in [0.25, 0.3) is 0 Å². The highest BCUT2D eigenvalue weighted by Crippen LogP contribution is 2.29. The van der Waals surface area contributed by atoms with Gasteiger partial charge < -0.3 is 19.9 Å². The molecule has 0 aliphatic carbocycles. The maximum absolute atomic E-state index is 11.3. The van der Waals surface area contributed by atoms with E-state index in [2.05, 4.69) is 10.3 Å². The monoisotopic (exact) mass is 334 g/mol. The van der Waals surface area contributed by atoms with Crippen molar-refractivity contribution < 1.29 is 19.4 Å². The summed E-state index contributed by atoms with van der Waals surface area (Å²) in [6, 6.07) is 4.97. The van der Waals surface area contributed by atoms with Crippen LogP contribution in [0.1, 0.15) is 15.2 Å². The van der Waals surface area contributed by atoms with Crippen LogP contribution in [0.3, 0.4) is 0 Å². The number of carboxylic acids is 1. The number of rotatable bonds is 5. The third-order valence-corrected chi connectivity index (χ3v) is 4.42. The van der Waals surface area contributed by atoms with Crippen molar-refractivity contribution in [3.05, 3.63) is 34.8 Å². The fourth-order valence-electron chi connectivity index (χ4n) is 2.33. The Morgan fingerprint density at radius 1 is 1.52 bits per heavy atom. The van der Waals surface area contributed by atoms with Gasteiger partial charge in [0.15, 0.2) is 0 Å². The van der Waals surface area contributed by atoms with Gasteiger partial charge in [0.2, 0.25) is 0 Å². The van der Waals surface area contributed by atoms with E-state index in [1.165, 1.54) is 17.4 Å². The van der Waals surface area contributed by atoms with Crippen LogP contribution in [0, 0.1) is 6.92 Å². The highest BCUT2D eigenvalue weighted by atomic mass is 32.1. The molecular weight excluding hydrogens is 316 g/mol. The number of aromatic nitrogens is 1. The Hall–Kier alpha value is -1.96. The molecule has 7 heteroatoms. The molecule has 1 aliphatic rings. The lowest BCUT2D eigenvalue weighted by Crippen LogP contribution is -2.41. The summed E-state index contributed by atoms with van der Waals surface area (Å²) in [5, 5.41) is 13.3. The molecule has 0 radical (unpaired) electrons. The Labute approximate surface area is 138 Å². The highest BCUT2D eigenvalue weighted by Gasteiger charge is 2.16. The standard InChI is InChI=1S/C16H18N2O4S/c1-10-7-18-15(23-10)11-4-12(16(19)20)6-13(5-11)22-9-14-8-17-2-3-21-14/h4-7,14,17H,2-3,8-9H2,1H3,(H,19,20)/t14-/m1/s1. The van der Waals surface area contributed by atoms with E-state index in [4.69, 9.17) is 9.47 Å². The predicted octanol–water partition coefficient (Wildman–Crippen LogP) is 2.18. The molecule has 6 nitrogen and oxygen atoms in total. The number of ether oxygens (including phenoxy) is 2. The Bertz CT molecular complexity index is 695. The second kappa shape index (κ2) is 7.08. The van der Waals surface area contributed by atoms with Crippen LogP contribution in [-0.2, 0) is 4.74 Å². The van der Waals surface area contributed by atoms with Crippen LogP contribution in [0.4, 0.5) is 0 Å². The first-order valence-electron chi connectivity index (χ1n) is 7.38. The number of benzene rings is 1. The third kappa shape index (κ3) is 4.07. The first-order valence-corrected chi connectivity index (χ1v) is 8.20. The number of aryl methyl sites for hydroxylation is 1. The molecule has 1 aliphatic heterocycles. The second-order valence-electron chi connectivity index (χ2n) is 5.34. The van der Waals surface area contributed by atoms with Gasteiger partial charge in [-0.2, -0.15) is 0 Å². The molecule has 23 heavy (non-hydrogen) atoms. The smallest absolute Gasteiger partial charge is 0.335 e. The molecule has 0 unspecified atom stereocenters. The summed E-state index contributed by atoms with van der Waals surface area (Å²) in [6.45, 7) is 4.59. The highest BCUT2D eigenvalue weighted by molar-refractivity contribution is 7.14. The maximum Gasteiger partial charge on any atom is 0.335 e. The molecule has 1 atom stereocenters. The van der Waals surface area contributed by atoms with Gasteiger partial charge in [0, 0.05) is 29.7 Å². The molecule has 122 valence electrons. The van der Waals surface area contributed by atoms with Crippen LogP contribution in [0.5, 0.6) is 5.75 Å². The fraction of sp³-hybridized carbons (Fsp3) is 0.375. The van der Waals surface area contributed by atoms with Crippen LogP contribution in [0.2, 0.25) is 0 Å². The fourth-order valence-corrected chi connectivity index (χ4v) is 3.08. The number of aromatic carboxylic acids is 1. The molecule has 0 spiro atoms. The minimum absolute atomic E-state index is 0.0252. The van der Waals surface area contributed by atoms with Crippen molar-refractivity contribution in [2.45, 2.75) is 13.0 Å². The lowest BCUT2D eigenvalue weighted by atomic mass is 10.1. The number of hydrogen-bond donors (Lipinski definition) is 2. The number of carbonyl (C=O) groups is 1. The van der Waals surface area contributed by atoms with E-state index in [0.717, 1.165) is 28.5 Å². The van der Waals surface area contributed by atoms with Gasteiger partial charge in [0.1, 0.15) is 23.5 Å². The second-order valence-corrected chi connectivity index (χ2v) is 6.57. The number of hydrogen-bond acceptors (Lipinski definition) is 6. The summed E-state index contributed by atoms with van der Waals surface area (Å²) >= 11 is 1.52. The van der Waals surface area contributed by atoms with Crippen LogP contribution >= 0.6 is 11.3 Å². The minimum atomic E-state index is -0.986. The third-order valence-electron chi connectivity index (χ3n) is 3.46. The summed E-state index contributed by atoms with van der Waals surface area (Å²) in [5.41, 5.74) is 0.939. The molecule has 1 aromatic heterocycles. The number of nitrogens with one attached hydrogen (secondary N) is 1. The van der Waals surface area contributed by atoms with Gasteiger partial charge in [0.05, 0.1) is 12.2 Å². The van der Waals surface area contributed by atoms with E-state index in [9.17, 15) is 9.90 Å². The summed E-state index contributed by atoms with van der Waals surface area (Å²) < 4.78 is 11.3. The van der Waals surface area contributed by atoms with Crippen LogP contribution in [0.15, 0.2) is 24.4 Å². The van der Waals surface area contributed by atoms with E-state index in [0.29, 0.717) is 19.0 Å². The predicted molar refractivity (Wildman–Crippen MR) is 87.4 cm³/mol. The average Bonchev–Trinajstić information content (AvgIpc) is 3.00. The molecule has 1 fully saturated rings. The van der Waals surface area contributed by atoms with Crippen LogP contribution in [0.25, 0.3) is 10.6 Å². The van der Waals surface area contributed by atoms with Crippen molar-refractivity contribution in [1.82, 2.24) is 10.3 Å². The van der Waals surface area contributed by atoms with Gasteiger partial charge in [-0.05, 0) is 25.1 Å². The first-order chi connectivity index (χ1) is 11.1. The lowest BCUT2D eigenvalue weighted by Gasteiger charge is -2.23. The van der Waals surface area contributed by atoms with E-state index >= 15 is 0 Å². The molecule has 3 rings (SSSR count). The molecule has 1 aromatic carbocycles. The Morgan fingerprint density at radius 2 is 2.39 bits per heavy atom. The summed E-state index contributed by atoms with van der Waals surface area (Å²) in [4.78, 5) is 16.7. The van der Waals surface area contributed by atoms with Crippen molar-refractivity contribution in [2.75, 3.05) is 26.3 Å².